The highest BCUT2D eigenvalue weighted by Crippen LogP contribution is 2.31. The molecule has 0 amide bonds. The van der Waals surface area contributed by atoms with Crippen molar-refractivity contribution in [1.29, 1.82) is 0 Å². The van der Waals surface area contributed by atoms with E-state index in [2.05, 4.69) is 20.5 Å². The molecule has 0 aromatic carbocycles. The van der Waals surface area contributed by atoms with Gasteiger partial charge in [0, 0.05) is 18.3 Å². The summed E-state index contributed by atoms with van der Waals surface area (Å²) in [6, 6.07) is 0.823. The summed E-state index contributed by atoms with van der Waals surface area (Å²) in [7, 11) is 0. The summed E-state index contributed by atoms with van der Waals surface area (Å²) >= 11 is 0. The molecule has 5 N–H and O–H groups in total. The molecule has 0 spiro atoms. The molecule has 7 nitrogen and oxygen atoms in total. The predicted molar refractivity (Wildman–Crippen MR) is 94.2 cm³/mol. The molecule has 0 aromatic heterocycles. The standard InChI is InChI=1S/C17H28N6O/c18-16-21-14-10-19-17(20-11-4-2-1-3-5-11)22-15(14)23(16)12-6-8-13(24)9-7-12/h10-13,15,24H,1-9H2,(H2,18,21)(H2,19,20,22). The van der Waals surface area contributed by atoms with E-state index in [4.69, 9.17) is 10.7 Å². The van der Waals surface area contributed by atoms with Gasteiger partial charge in [0.15, 0.2) is 18.1 Å². The third kappa shape index (κ3) is 3.09. The van der Waals surface area contributed by atoms with E-state index < -0.39 is 0 Å². The van der Waals surface area contributed by atoms with Crippen molar-refractivity contribution in [3.05, 3.63) is 11.9 Å². The Morgan fingerprint density at radius 3 is 2.62 bits per heavy atom. The minimum Gasteiger partial charge on any atom is -0.393 e. The van der Waals surface area contributed by atoms with Crippen LogP contribution in [0.2, 0.25) is 0 Å². The lowest BCUT2D eigenvalue weighted by molar-refractivity contribution is 0.0919. The molecule has 4 rings (SSSR count). The molecule has 2 heterocycles. The molecule has 132 valence electrons. The molecule has 1 atom stereocenters. The zero-order valence-electron chi connectivity index (χ0n) is 14.1. The average Bonchev–Trinajstić information content (AvgIpc) is 2.92. The number of nitrogens with one attached hydrogen (secondary N) is 2. The highest BCUT2D eigenvalue weighted by atomic mass is 16.3. The Hall–Kier alpha value is -1.76. The first-order valence-electron chi connectivity index (χ1n) is 9.32. The quantitative estimate of drug-likeness (QED) is 0.604. The SMILES string of the molecule is NC1=NC2=CNC(NC3CCCCC3)=NC2N1C1CCC(O)CC1. The van der Waals surface area contributed by atoms with Crippen molar-refractivity contribution < 1.29 is 5.11 Å². The Bertz CT molecular complexity index is 557. The lowest BCUT2D eigenvalue weighted by atomic mass is 9.92. The molecule has 0 bridgehead atoms. The topological polar surface area (TPSA) is 98.3 Å². The number of guanidine groups is 2. The number of nitrogens with zero attached hydrogens (tertiary/aromatic N) is 3. The van der Waals surface area contributed by atoms with Gasteiger partial charge in [0.1, 0.15) is 5.70 Å². The van der Waals surface area contributed by atoms with Gasteiger partial charge in [-0.25, -0.2) is 9.98 Å². The summed E-state index contributed by atoms with van der Waals surface area (Å²) in [5.74, 6) is 1.39. The first-order chi connectivity index (χ1) is 11.7. The Kier molecular flexibility index (Phi) is 4.35. The van der Waals surface area contributed by atoms with Gasteiger partial charge in [0.05, 0.1) is 6.10 Å². The molecular formula is C17H28N6O. The number of aliphatic hydroxyl groups excluding tert-OH is 1. The van der Waals surface area contributed by atoms with Crippen molar-refractivity contribution >= 4 is 11.9 Å². The van der Waals surface area contributed by atoms with E-state index in [0.717, 1.165) is 37.3 Å². The number of fused-ring (bicyclic) bond motifs is 1. The van der Waals surface area contributed by atoms with Crippen LogP contribution in [0.4, 0.5) is 0 Å². The van der Waals surface area contributed by atoms with Crippen molar-refractivity contribution in [2.24, 2.45) is 15.7 Å². The third-order valence-corrected chi connectivity index (χ3v) is 5.65. The fraction of sp³-hybridized carbons (Fsp3) is 0.765. The predicted octanol–water partition coefficient (Wildman–Crippen LogP) is 0.969. The highest BCUT2D eigenvalue weighted by Gasteiger charge is 2.38. The molecule has 2 fully saturated rings. The summed E-state index contributed by atoms with van der Waals surface area (Å²) in [5.41, 5.74) is 7.07. The molecule has 0 radical (unpaired) electrons. The van der Waals surface area contributed by atoms with E-state index in [1.807, 2.05) is 6.20 Å². The molecule has 0 aromatic rings. The number of hydrogen-bond donors (Lipinski definition) is 4. The molecule has 2 saturated carbocycles. The van der Waals surface area contributed by atoms with Crippen molar-refractivity contribution in [1.82, 2.24) is 15.5 Å². The summed E-state index contributed by atoms with van der Waals surface area (Å²) in [6.45, 7) is 0. The van der Waals surface area contributed by atoms with Crippen molar-refractivity contribution in [2.45, 2.75) is 82.1 Å². The lowest BCUT2D eigenvalue weighted by Crippen LogP contribution is -2.51. The summed E-state index contributed by atoms with van der Waals surface area (Å²) < 4.78 is 0. The lowest BCUT2D eigenvalue weighted by Gasteiger charge is -2.37. The van der Waals surface area contributed by atoms with Gasteiger partial charge in [-0.05, 0) is 38.5 Å². The molecule has 2 aliphatic heterocycles. The van der Waals surface area contributed by atoms with E-state index >= 15 is 0 Å². The zero-order chi connectivity index (χ0) is 16.5. The van der Waals surface area contributed by atoms with Crippen molar-refractivity contribution in [3.8, 4) is 0 Å². The van der Waals surface area contributed by atoms with Crippen LogP contribution in [0.1, 0.15) is 57.8 Å². The Morgan fingerprint density at radius 2 is 1.88 bits per heavy atom. The van der Waals surface area contributed by atoms with Crippen LogP contribution in [0.3, 0.4) is 0 Å². The van der Waals surface area contributed by atoms with Crippen LogP contribution in [0.5, 0.6) is 0 Å². The monoisotopic (exact) mass is 332 g/mol. The third-order valence-electron chi connectivity index (χ3n) is 5.65. The number of hydrogen-bond acceptors (Lipinski definition) is 7. The van der Waals surface area contributed by atoms with Gasteiger partial charge < -0.3 is 26.4 Å². The van der Waals surface area contributed by atoms with E-state index in [1.54, 1.807) is 0 Å². The first-order valence-corrected chi connectivity index (χ1v) is 9.32. The number of rotatable bonds is 2. The number of aliphatic hydroxyl groups is 1. The summed E-state index contributed by atoms with van der Waals surface area (Å²) in [6.07, 6.45) is 11.5. The van der Waals surface area contributed by atoms with Crippen LogP contribution in [0.25, 0.3) is 0 Å². The van der Waals surface area contributed by atoms with Gasteiger partial charge in [-0.3, -0.25) is 0 Å². The fourth-order valence-electron chi connectivity index (χ4n) is 4.29. The summed E-state index contributed by atoms with van der Waals surface area (Å²) in [5, 5.41) is 16.5. The van der Waals surface area contributed by atoms with Crippen molar-refractivity contribution in [2.75, 3.05) is 0 Å². The van der Waals surface area contributed by atoms with Gasteiger partial charge >= 0.3 is 0 Å². The Labute approximate surface area is 143 Å². The minimum atomic E-state index is -0.169. The second-order valence-corrected chi connectivity index (χ2v) is 7.38. The van der Waals surface area contributed by atoms with Gasteiger partial charge in [-0.2, -0.15) is 0 Å². The second-order valence-electron chi connectivity index (χ2n) is 7.38. The Balaban J connectivity index is 1.46. The Morgan fingerprint density at radius 1 is 1.12 bits per heavy atom. The number of aliphatic imine (C=N–C) groups is 2. The van der Waals surface area contributed by atoms with Crippen LogP contribution in [0.15, 0.2) is 21.9 Å². The number of nitrogens with two attached hydrogens (primary N) is 1. The molecule has 7 heteroatoms. The van der Waals surface area contributed by atoms with Gasteiger partial charge in [-0.1, -0.05) is 19.3 Å². The van der Waals surface area contributed by atoms with Crippen LogP contribution >= 0.6 is 0 Å². The first kappa shape index (κ1) is 15.7. The molecular weight excluding hydrogens is 304 g/mol. The highest BCUT2D eigenvalue weighted by molar-refractivity contribution is 5.87. The van der Waals surface area contributed by atoms with E-state index in [0.29, 0.717) is 18.0 Å². The molecule has 24 heavy (non-hydrogen) atoms. The molecule has 0 saturated heterocycles. The largest absolute Gasteiger partial charge is 0.393 e. The minimum absolute atomic E-state index is 0.127. The smallest absolute Gasteiger partial charge is 0.198 e. The molecule has 1 unspecified atom stereocenters. The van der Waals surface area contributed by atoms with Crippen molar-refractivity contribution in [3.63, 3.8) is 0 Å². The van der Waals surface area contributed by atoms with Gasteiger partial charge in [0.25, 0.3) is 0 Å². The summed E-state index contributed by atoms with van der Waals surface area (Å²) in [4.78, 5) is 11.5. The molecule has 4 aliphatic rings. The zero-order valence-corrected chi connectivity index (χ0v) is 14.1. The van der Waals surface area contributed by atoms with E-state index in [9.17, 15) is 5.11 Å². The van der Waals surface area contributed by atoms with Crippen LogP contribution in [-0.4, -0.2) is 46.3 Å². The second kappa shape index (κ2) is 6.63. The normalized spacial score (nSPS) is 34.0. The van der Waals surface area contributed by atoms with Gasteiger partial charge in [0.2, 0.25) is 0 Å². The molecule has 2 aliphatic carbocycles. The fourth-order valence-corrected chi connectivity index (χ4v) is 4.29. The maximum atomic E-state index is 9.75. The van der Waals surface area contributed by atoms with Gasteiger partial charge in [-0.15, -0.1) is 0 Å². The van der Waals surface area contributed by atoms with E-state index in [-0.39, 0.29) is 12.3 Å². The average molecular weight is 332 g/mol. The van der Waals surface area contributed by atoms with E-state index in [1.165, 1.54) is 32.1 Å². The maximum Gasteiger partial charge on any atom is 0.198 e. The van der Waals surface area contributed by atoms with Crippen LogP contribution in [0, 0.1) is 0 Å². The maximum absolute atomic E-state index is 9.75. The van der Waals surface area contributed by atoms with Crippen LogP contribution in [-0.2, 0) is 0 Å². The van der Waals surface area contributed by atoms with Crippen LogP contribution < -0.4 is 16.4 Å².